The summed E-state index contributed by atoms with van der Waals surface area (Å²) in [6.45, 7) is 9.51. The van der Waals surface area contributed by atoms with Crippen LogP contribution in [0.4, 0.5) is 5.82 Å². The van der Waals surface area contributed by atoms with Crippen LogP contribution in [0.5, 0.6) is 0 Å². The molecule has 1 unspecified atom stereocenters. The molecule has 1 N–H and O–H groups in total. The lowest BCUT2D eigenvalue weighted by molar-refractivity contribution is 0.0700. The van der Waals surface area contributed by atoms with E-state index in [1.54, 1.807) is 12.1 Å². The first-order valence-electron chi connectivity index (χ1n) is 6.75. The van der Waals surface area contributed by atoms with E-state index in [1.807, 2.05) is 18.7 Å². The summed E-state index contributed by atoms with van der Waals surface area (Å²) in [4.78, 5) is 18.5. The first-order valence-corrected chi connectivity index (χ1v) is 7.13. The summed E-state index contributed by atoms with van der Waals surface area (Å²) in [5.74, 6) is 0.638. The predicted molar refractivity (Wildman–Crippen MR) is 79.9 cm³/mol. The molecule has 1 amide bonds. The van der Waals surface area contributed by atoms with Crippen molar-refractivity contribution in [3.8, 4) is 0 Å². The first kappa shape index (κ1) is 15.8. The van der Waals surface area contributed by atoms with E-state index in [9.17, 15) is 4.79 Å². The SMILES string of the molecule is CCNc1cc(C(=O)N(CC)C(C)CC)cc(Cl)n1. The zero-order valence-corrected chi connectivity index (χ0v) is 12.8. The summed E-state index contributed by atoms with van der Waals surface area (Å²) in [7, 11) is 0. The second-order valence-corrected chi connectivity index (χ2v) is 4.83. The number of amides is 1. The molecule has 0 bridgehead atoms. The quantitative estimate of drug-likeness (QED) is 0.814. The van der Waals surface area contributed by atoms with Crippen molar-refractivity contribution < 1.29 is 4.79 Å². The summed E-state index contributed by atoms with van der Waals surface area (Å²) >= 11 is 5.97. The summed E-state index contributed by atoms with van der Waals surface area (Å²) < 4.78 is 0. The topological polar surface area (TPSA) is 45.2 Å². The summed E-state index contributed by atoms with van der Waals surface area (Å²) in [6, 6.07) is 3.59. The van der Waals surface area contributed by atoms with Gasteiger partial charge in [-0.3, -0.25) is 4.79 Å². The standard InChI is InChI=1S/C14H22ClN3O/c1-5-10(4)18(7-3)14(19)11-8-12(15)17-13(9-11)16-6-2/h8-10H,5-7H2,1-4H3,(H,16,17). The van der Waals surface area contributed by atoms with Crippen LogP contribution < -0.4 is 5.32 Å². The average molecular weight is 284 g/mol. The van der Waals surface area contributed by atoms with Crippen molar-refractivity contribution in [2.75, 3.05) is 18.4 Å². The third-order valence-corrected chi connectivity index (χ3v) is 3.32. The Kier molecular flexibility index (Phi) is 6.09. The number of carbonyl (C=O) groups is 1. The number of hydrogen-bond donors (Lipinski definition) is 1. The molecule has 1 atom stereocenters. The number of anilines is 1. The highest BCUT2D eigenvalue weighted by molar-refractivity contribution is 6.29. The molecule has 0 aliphatic heterocycles. The Morgan fingerprint density at radius 1 is 1.42 bits per heavy atom. The van der Waals surface area contributed by atoms with Gasteiger partial charge < -0.3 is 10.2 Å². The van der Waals surface area contributed by atoms with Gasteiger partial charge in [0, 0.05) is 24.7 Å². The lowest BCUT2D eigenvalue weighted by Gasteiger charge is -2.27. The maximum absolute atomic E-state index is 12.5. The number of aromatic nitrogens is 1. The molecule has 1 heterocycles. The largest absolute Gasteiger partial charge is 0.370 e. The van der Waals surface area contributed by atoms with Crippen LogP contribution in [0.15, 0.2) is 12.1 Å². The van der Waals surface area contributed by atoms with Gasteiger partial charge >= 0.3 is 0 Å². The molecule has 5 heteroatoms. The Bertz CT molecular complexity index is 437. The molecule has 0 saturated heterocycles. The summed E-state index contributed by atoms with van der Waals surface area (Å²) in [5.41, 5.74) is 0.582. The molecule has 0 saturated carbocycles. The lowest BCUT2D eigenvalue weighted by atomic mass is 10.1. The average Bonchev–Trinajstić information content (AvgIpc) is 2.38. The molecular formula is C14H22ClN3O. The lowest BCUT2D eigenvalue weighted by Crippen LogP contribution is -2.38. The van der Waals surface area contributed by atoms with Gasteiger partial charge in [-0.2, -0.15) is 0 Å². The van der Waals surface area contributed by atoms with E-state index in [0.717, 1.165) is 13.0 Å². The third-order valence-electron chi connectivity index (χ3n) is 3.12. The van der Waals surface area contributed by atoms with E-state index in [0.29, 0.717) is 23.1 Å². The molecule has 1 aromatic heterocycles. The third kappa shape index (κ3) is 4.10. The van der Waals surface area contributed by atoms with Gasteiger partial charge in [0.15, 0.2) is 0 Å². The fourth-order valence-electron chi connectivity index (χ4n) is 1.93. The smallest absolute Gasteiger partial charge is 0.254 e. The highest BCUT2D eigenvalue weighted by Gasteiger charge is 2.19. The van der Waals surface area contributed by atoms with Gasteiger partial charge in [-0.1, -0.05) is 18.5 Å². The number of pyridine rings is 1. The van der Waals surface area contributed by atoms with E-state index in [1.165, 1.54) is 0 Å². The molecule has 0 aliphatic carbocycles. The van der Waals surface area contributed by atoms with Crippen molar-refractivity contribution in [3.05, 3.63) is 22.8 Å². The highest BCUT2D eigenvalue weighted by Crippen LogP contribution is 2.17. The van der Waals surface area contributed by atoms with Gasteiger partial charge in [0.05, 0.1) is 0 Å². The minimum Gasteiger partial charge on any atom is -0.370 e. The fourth-order valence-corrected chi connectivity index (χ4v) is 2.14. The van der Waals surface area contributed by atoms with E-state index >= 15 is 0 Å². The molecule has 0 aromatic carbocycles. The second kappa shape index (κ2) is 7.34. The van der Waals surface area contributed by atoms with Gasteiger partial charge in [0.1, 0.15) is 11.0 Å². The number of nitrogens with zero attached hydrogens (tertiary/aromatic N) is 2. The number of nitrogens with one attached hydrogen (secondary N) is 1. The van der Waals surface area contributed by atoms with Crippen molar-refractivity contribution in [2.45, 2.75) is 40.2 Å². The zero-order chi connectivity index (χ0) is 14.4. The van der Waals surface area contributed by atoms with Gasteiger partial charge in [0.25, 0.3) is 5.91 Å². The molecule has 0 radical (unpaired) electrons. The number of carbonyl (C=O) groups excluding carboxylic acids is 1. The van der Waals surface area contributed by atoms with Crippen molar-refractivity contribution >= 4 is 23.3 Å². The molecule has 1 rings (SSSR count). The Labute approximate surface area is 120 Å². The second-order valence-electron chi connectivity index (χ2n) is 4.44. The van der Waals surface area contributed by atoms with Crippen molar-refractivity contribution in [2.24, 2.45) is 0 Å². The van der Waals surface area contributed by atoms with Gasteiger partial charge in [0.2, 0.25) is 0 Å². The maximum Gasteiger partial charge on any atom is 0.254 e. The van der Waals surface area contributed by atoms with Crippen LogP contribution in [0.3, 0.4) is 0 Å². The van der Waals surface area contributed by atoms with Crippen LogP contribution >= 0.6 is 11.6 Å². The van der Waals surface area contributed by atoms with Crippen LogP contribution in [0.1, 0.15) is 44.5 Å². The molecule has 0 aliphatic rings. The number of hydrogen-bond acceptors (Lipinski definition) is 3. The van der Waals surface area contributed by atoms with Gasteiger partial charge in [-0.25, -0.2) is 4.98 Å². The summed E-state index contributed by atoms with van der Waals surface area (Å²) in [5, 5.41) is 3.41. The Morgan fingerprint density at radius 3 is 2.63 bits per heavy atom. The molecular weight excluding hydrogens is 262 g/mol. The van der Waals surface area contributed by atoms with E-state index < -0.39 is 0 Å². The van der Waals surface area contributed by atoms with Crippen LogP contribution in [0.25, 0.3) is 0 Å². The molecule has 4 nitrogen and oxygen atoms in total. The predicted octanol–water partition coefficient (Wildman–Crippen LogP) is 3.43. The van der Waals surface area contributed by atoms with Crippen molar-refractivity contribution in [1.82, 2.24) is 9.88 Å². The van der Waals surface area contributed by atoms with Crippen LogP contribution in [-0.4, -0.2) is 34.9 Å². The fraction of sp³-hybridized carbons (Fsp3) is 0.571. The molecule has 1 aromatic rings. The number of rotatable bonds is 6. The summed E-state index contributed by atoms with van der Waals surface area (Å²) in [6.07, 6.45) is 0.929. The Morgan fingerprint density at radius 2 is 2.11 bits per heavy atom. The Hall–Kier alpha value is -1.29. The highest BCUT2D eigenvalue weighted by atomic mass is 35.5. The molecule has 0 fully saturated rings. The van der Waals surface area contributed by atoms with Gasteiger partial charge in [-0.05, 0) is 39.3 Å². The van der Waals surface area contributed by atoms with Gasteiger partial charge in [-0.15, -0.1) is 0 Å². The first-order chi connectivity index (χ1) is 9.03. The van der Waals surface area contributed by atoms with Crippen LogP contribution in [0, 0.1) is 0 Å². The monoisotopic (exact) mass is 283 g/mol. The van der Waals surface area contributed by atoms with Crippen molar-refractivity contribution in [1.29, 1.82) is 0 Å². The molecule has 106 valence electrons. The Balaban J connectivity index is 3.03. The molecule has 19 heavy (non-hydrogen) atoms. The van der Waals surface area contributed by atoms with E-state index in [4.69, 9.17) is 11.6 Å². The normalized spacial score (nSPS) is 12.1. The minimum atomic E-state index is 0.000281. The van der Waals surface area contributed by atoms with Crippen molar-refractivity contribution in [3.63, 3.8) is 0 Å². The van der Waals surface area contributed by atoms with E-state index in [2.05, 4.69) is 24.1 Å². The number of halogens is 1. The van der Waals surface area contributed by atoms with Crippen LogP contribution in [0.2, 0.25) is 5.15 Å². The molecule has 0 spiro atoms. The van der Waals surface area contributed by atoms with E-state index in [-0.39, 0.29) is 11.9 Å². The zero-order valence-electron chi connectivity index (χ0n) is 12.0. The minimum absolute atomic E-state index is 0.000281. The maximum atomic E-state index is 12.5. The van der Waals surface area contributed by atoms with Crippen LogP contribution in [-0.2, 0) is 0 Å².